The van der Waals surface area contributed by atoms with Crippen molar-refractivity contribution >= 4 is 45.8 Å². The van der Waals surface area contributed by atoms with Gasteiger partial charge in [-0.15, -0.1) is 0 Å². The van der Waals surface area contributed by atoms with E-state index in [9.17, 15) is 9.59 Å². The van der Waals surface area contributed by atoms with Crippen LogP contribution in [0.4, 0.5) is 11.4 Å². The molecule has 0 saturated carbocycles. The molecular weight excluding hydrogens is 366 g/mol. The average molecular weight is 386 g/mol. The Labute approximate surface area is 161 Å². The van der Waals surface area contributed by atoms with Crippen LogP contribution < -0.4 is 10.6 Å². The van der Waals surface area contributed by atoms with E-state index in [-0.39, 0.29) is 17.9 Å². The number of hydrogen-bond acceptors (Lipinski definition) is 4. The topological polar surface area (TPSA) is 88.9 Å². The number of aromatic nitrogens is 3. The third-order valence-electron chi connectivity index (χ3n) is 4.03. The van der Waals surface area contributed by atoms with Crippen LogP contribution in [0.3, 0.4) is 0 Å². The highest BCUT2D eigenvalue weighted by Gasteiger charge is 2.16. The molecule has 7 nitrogen and oxygen atoms in total. The summed E-state index contributed by atoms with van der Waals surface area (Å²) in [6.07, 6.45) is 1.70. The van der Waals surface area contributed by atoms with Gasteiger partial charge in [0, 0.05) is 24.0 Å². The van der Waals surface area contributed by atoms with Gasteiger partial charge in [-0.2, -0.15) is 5.10 Å². The molecule has 27 heavy (non-hydrogen) atoms. The van der Waals surface area contributed by atoms with Crippen LogP contribution in [0, 0.1) is 6.92 Å². The van der Waals surface area contributed by atoms with Gasteiger partial charge in [0.2, 0.25) is 5.91 Å². The fraction of sp³-hybridized carbons (Fsp3) is 0.263. The molecule has 0 aliphatic carbocycles. The lowest BCUT2D eigenvalue weighted by atomic mass is 10.1. The van der Waals surface area contributed by atoms with Gasteiger partial charge in [0.1, 0.15) is 0 Å². The Kier molecular flexibility index (Phi) is 5.14. The van der Waals surface area contributed by atoms with Crippen LogP contribution in [0.15, 0.2) is 30.5 Å². The van der Waals surface area contributed by atoms with Gasteiger partial charge in [-0.05, 0) is 45.0 Å². The Bertz CT molecular complexity index is 1040. The molecule has 3 rings (SSSR count). The second-order valence-corrected chi connectivity index (χ2v) is 6.95. The van der Waals surface area contributed by atoms with Crippen molar-refractivity contribution in [2.24, 2.45) is 0 Å². The molecule has 0 aliphatic rings. The summed E-state index contributed by atoms with van der Waals surface area (Å²) < 4.78 is 1.82. The number of benzene rings is 1. The average Bonchev–Trinajstić information content (AvgIpc) is 2.99. The number of pyridine rings is 1. The first kappa shape index (κ1) is 18.8. The van der Waals surface area contributed by atoms with Crippen LogP contribution in [0.5, 0.6) is 0 Å². The Morgan fingerprint density at radius 1 is 1.19 bits per heavy atom. The first-order chi connectivity index (χ1) is 12.8. The van der Waals surface area contributed by atoms with Gasteiger partial charge in [-0.1, -0.05) is 11.6 Å². The summed E-state index contributed by atoms with van der Waals surface area (Å²) in [5.74, 6) is -0.539. The van der Waals surface area contributed by atoms with Gasteiger partial charge in [-0.25, -0.2) is 9.67 Å². The fourth-order valence-corrected chi connectivity index (χ4v) is 2.93. The molecule has 0 aliphatic heterocycles. The molecule has 1 aromatic carbocycles. The minimum Gasteiger partial charge on any atom is -0.325 e. The zero-order chi connectivity index (χ0) is 19.7. The van der Waals surface area contributed by atoms with E-state index in [4.69, 9.17) is 11.6 Å². The number of carbonyl (C=O) groups is 2. The minimum absolute atomic E-state index is 0.176. The van der Waals surface area contributed by atoms with Gasteiger partial charge in [0.25, 0.3) is 5.91 Å². The van der Waals surface area contributed by atoms with Gasteiger partial charge >= 0.3 is 0 Å². The van der Waals surface area contributed by atoms with E-state index >= 15 is 0 Å². The first-order valence-electron chi connectivity index (χ1n) is 8.49. The van der Waals surface area contributed by atoms with Crippen molar-refractivity contribution in [2.75, 3.05) is 10.6 Å². The summed E-state index contributed by atoms with van der Waals surface area (Å²) in [6.45, 7) is 7.23. The Hall–Kier alpha value is -2.93. The molecule has 0 spiro atoms. The highest BCUT2D eigenvalue weighted by molar-refractivity contribution is 6.33. The molecule has 140 valence electrons. The highest BCUT2D eigenvalue weighted by atomic mass is 35.5. The molecule has 0 fully saturated rings. The third-order valence-corrected chi connectivity index (χ3v) is 4.36. The van der Waals surface area contributed by atoms with Crippen LogP contribution in [0.2, 0.25) is 5.02 Å². The van der Waals surface area contributed by atoms with E-state index in [1.807, 2.05) is 18.5 Å². The van der Waals surface area contributed by atoms with E-state index in [1.165, 1.54) is 6.92 Å². The standard InChI is InChI=1S/C19H20ClN5O2/c1-10(2)25-18-13(9-21-25)7-15(11(3)22-18)19(27)24-14-5-6-16(20)17(8-14)23-12(4)26/h5-10H,1-4H3,(H,23,26)(H,24,27). The van der Waals surface area contributed by atoms with Crippen LogP contribution in [0.25, 0.3) is 11.0 Å². The largest absolute Gasteiger partial charge is 0.325 e. The van der Waals surface area contributed by atoms with Gasteiger partial charge in [0.15, 0.2) is 5.65 Å². The normalized spacial score (nSPS) is 11.0. The number of nitrogens with zero attached hydrogens (tertiary/aromatic N) is 3. The molecule has 2 N–H and O–H groups in total. The number of hydrogen-bond donors (Lipinski definition) is 2. The van der Waals surface area contributed by atoms with Gasteiger partial charge in [0.05, 0.1) is 28.2 Å². The van der Waals surface area contributed by atoms with Crippen molar-refractivity contribution in [1.82, 2.24) is 14.8 Å². The minimum atomic E-state index is -0.296. The quantitative estimate of drug-likeness (QED) is 0.704. The van der Waals surface area contributed by atoms with Crippen molar-refractivity contribution in [3.63, 3.8) is 0 Å². The van der Waals surface area contributed by atoms with E-state index in [2.05, 4.69) is 20.7 Å². The lowest BCUT2D eigenvalue weighted by molar-refractivity contribution is -0.114. The molecule has 8 heteroatoms. The third kappa shape index (κ3) is 3.93. The summed E-state index contributed by atoms with van der Waals surface area (Å²) in [5.41, 5.74) is 2.77. The monoisotopic (exact) mass is 385 g/mol. The Balaban J connectivity index is 1.90. The molecule has 0 bridgehead atoms. The Morgan fingerprint density at radius 2 is 1.93 bits per heavy atom. The summed E-state index contributed by atoms with van der Waals surface area (Å²) in [4.78, 5) is 28.6. The number of anilines is 2. The zero-order valence-electron chi connectivity index (χ0n) is 15.5. The molecule has 0 saturated heterocycles. The van der Waals surface area contributed by atoms with Crippen molar-refractivity contribution in [2.45, 2.75) is 33.7 Å². The molecule has 3 aromatic rings. The molecule has 0 unspecified atom stereocenters. The lowest BCUT2D eigenvalue weighted by Crippen LogP contribution is -2.15. The SMILES string of the molecule is CC(=O)Nc1cc(NC(=O)c2cc3cnn(C(C)C)c3nc2C)ccc1Cl. The van der Waals surface area contributed by atoms with Crippen LogP contribution in [-0.4, -0.2) is 26.6 Å². The maximum Gasteiger partial charge on any atom is 0.257 e. The molecule has 0 radical (unpaired) electrons. The van der Waals surface area contributed by atoms with Crippen molar-refractivity contribution in [3.8, 4) is 0 Å². The van der Waals surface area contributed by atoms with Gasteiger partial charge < -0.3 is 10.6 Å². The Morgan fingerprint density at radius 3 is 2.59 bits per heavy atom. The summed E-state index contributed by atoms with van der Waals surface area (Å²) >= 11 is 6.07. The molecule has 0 atom stereocenters. The molecule has 2 aromatic heterocycles. The van der Waals surface area contributed by atoms with Crippen molar-refractivity contribution < 1.29 is 9.59 Å². The second kappa shape index (κ2) is 7.36. The first-order valence-corrected chi connectivity index (χ1v) is 8.87. The van der Waals surface area contributed by atoms with Crippen LogP contribution >= 0.6 is 11.6 Å². The number of fused-ring (bicyclic) bond motifs is 1. The molecular formula is C19H20ClN5O2. The lowest BCUT2D eigenvalue weighted by Gasteiger charge is -2.11. The smallest absolute Gasteiger partial charge is 0.257 e. The maximum absolute atomic E-state index is 12.7. The number of carbonyl (C=O) groups excluding carboxylic acids is 2. The highest BCUT2D eigenvalue weighted by Crippen LogP contribution is 2.26. The predicted octanol–water partition coefficient (Wildman–Crippen LogP) is 4.18. The molecule has 2 amide bonds. The van der Waals surface area contributed by atoms with Gasteiger partial charge in [-0.3, -0.25) is 9.59 Å². The zero-order valence-corrected chi connectivity index (χ0v) is 16.3. The summed E-state index contributed by atoms with van der Waals surface area (Å²) in [5, 5.41) is 11.0. The number of rotatable bonds is 4. The number of halogens is 1. The van der Waals surface area contributed by atoms with Crippen LogP contribution in [0.1, 0.15) is 42.9 Å². The van der Waals surface area contributed by atoms with Crippen molar-refractivity contribution in [1.29, 1.82) is 0 Å². The summed E-state index contributed by atoms with van der Waals surface area (Å²) in [6, 6.07) is 6.85. The second-order valence-electron chi connectivity index (χ2n) is 6.55. The van der Waals surface area contributed by atoms with Crippen molar-refractivity contribution in [3.05, 3.63) is 46.7 Å². The van der Waals surface area contributed by atoms with E-state index < -0.39 is 0 Å². The number of aryl methyl sites for hydroxylation is 1. The van der Waals surface area contributed by atoms with E-state index in [1.54, 1.807) is 37.4 Å². The fourth-order valence-electron chi connectivity index (χ4n) is 2.76. The number of amides is 2. The maximum atomic E-state index is 12.7. The van der Waals surface area contributed by atoms with E-state index in [0.29, 0.717) is 27.7 Å². The summed E-state index contributed by atoms with van der Waals surface area (Å²) in [7, 11) is 0. The van der Waals surface area contributed by atoms with E-state index in [0.717, 1.165) is 11.0 Å². The van der Waals surface area contributed by atoms with Crippen LogP contribution in [-0.2, 0) is 4.79 Å². The number of nitrogens with one attached hydrogen (secondary N) is 2. The molecule has 2 heterocycles. The predicted molar refractivity (Wildman–Crippen MR) is 106 cm³/mol.